The lowest BCUT2D eigenvalue weighted by Gasteiger charge is -2.03. The summed E-state index contributed by atoms with van der Waals surface area (Å²) in [6.07, 6.45) is 2.10. The predicted octanol–water partition coefficient (Wildman–Crippen LogP) is -0.321. The number of hydrogen-bond acceptors (Lipinski definition) is 4. The molecule has 1 aromatic heterocycles. The van der Waals surface area contributed by atoms with Crippen molar-refractivity contribution in [1.29, 1.82) is 0 Å². The zero-order valence-corrected chi connectivity index (χ0v) is 8.50. The fourth-order valence-corrected chi connectivity index (χ4v) is 2.63. The van der Waals surface area contributed by atoms with Crippen LogP contribution < -0.4 is 10.5 Å². The zero-order chi connectivity index (χ0) is 10.3. The number of hydrogen-bond donors (Lipinski definition) is 3. The number of nitrogens with two attached hydrogens (primary N) is 1. The second-order valence-corrected chi connectivity index (χ2v) is 5.27. The van der Waals surface area contributed by atoms with Crippen molar-refractivity contribution in [2.45, 2.75) is 24.3 Å². The van der Waals surface area contributed by atoms with Crippen LogP contribution in [0, 0.1) is 5.92 Å². The normalized spacial score (nSPS) is 26.4. The average molecular weight is 216 g/mol. The molecule has 1 heterocycles. The molecule has 0 radical (unpaired) electrons. The first kappa shape index (κ1) is 9.47. The number of aromatic amines is 1. The molecule has 0 saturated heterocycles. The van der Waals surface area contributed by atoms with E-state index in [1.165, 1.54) is 6.20 Å². The summed E-state index contributed by atoms with van der Waals surface area (Å²) in [6.45, 7) is 1.99. The van der Waals surface area contributed by atoms with Crippen molar-refractivity contribution in [3.05, 3.63) is 6.20 Å². The summed E-state index contributed by atoms with van der Waals surface area (Å²) in [6, 6.07) is 0.0503. The highest BCUT2D eigenvalue weighted by Crippen LogP contribution is 2.31. The van der Waals surface area contributed by atoms with E-state index in [9.17, 15) is 8.42 Å². The monoisotopic (exact) mass is 216 g/mol. The van der Waals surface area contributed by atoms with Gasteiger partial charge in [0, 0.05) is 6.04 Å². The SMILES string of the molecule is CC1CC1NS(=O)(=O)c1cn[nH]c1N. The van der Waals surface area contributed by atoms with Crippen LogP contribution in [0.15, 0.2) is 11.1 Å². The van der Waals surface area contributed by atoms with Gasteiger partial charge in [0.05, 0.1) is 6.20 Å². The van der Waals surface area contributed by atoms with Crippen LogP contribution in [-0.2, 0) is 10.0 Å². The minimum Gasteiger partial charge on any atom is -0.383 e. The Hall–Kier alpha value is -1.08. The van der Waals surface area contributed by atoms with Gasteiger partial charge in [-0.3, -0.25) is 5.10 Å². The maximum Gasteiger partial charge on any atom is 0.246 e. The number of nitrogens with zero attached hydrogens (tertiary/aromatic N) is 1. The molecule has 2 unspecified atom stereocenters. The Morgan fingerprint density at radius 2 is 2.36 bits per heavy atom. The van der Waals surface area contributed by atoms with E-state index in [-0.39, 0.29) is 16.8 Å². The molecule has 6 nitrogen and oxygen atoms in total. The lowest BCUT2D eigenvalue weighted by atomic mass is 10.5. The van der Waals surface area contributed by atoms with E-state index < -0.39 is 10.0 Å². The Balaban J connectivity index is 2.20. The number of rotatable bonds is 3. The maximum absolute atomic E-state index is 11.7. The van der Waals surface area contributed by atoms with Gasteiger partial charge in [-0.1, -0.05) is 6.92 Å². The van der Waals surface area contributed by atoms with Gasteiger partial charge in [-0.2, -0.15) is 5.10 Å². The molecule has 1 aliphatic carbocycles. The molecule has 1 saturated carbocycles. The van der Waals surface area contributed by atoms with Crippen LogP contribution in [0.25, 0.3) is 0 Å². The topological polar surface area (TPSA) is 101 Å². The Morgan fingerprint density at radius 3 is 2.79 bits per heavy atom. The van der Waals surface area contributed by atoms with Crippen molar-refractivity contribution in [3.8, 4) is 0 Å². The number of sulfonamides is 1. The van der Waals surface area contributed by atoms with E-state index in [0.717, 1.165) is 6.42 Å². The van der Waals surface area contributed by atoms with E-state index >= 15 is 0 Å². The average Bonchev–Trinajstić information content (AvgIpc) is 2.62. The number of nitrogens with one attached hydrogen (secondary N) is 2. The van der Waals surface area contributed by atoms with Crippen LogP contribution in [-0.4, -0.2) is 24.7 Å². The van der Waals surface area contributed by atoms with Gasteiger partial charge >= 0.3 is 0 Å². The minimum atomic E-state index is -3.49. The molecule has 0 aromatic carbocycles. The van der Waals surface area contributed by atoms with E-state index in [4.69, 9.17) is 5.73 Å². The summed E-state index contributed by atoms with van der Waals surface area (Å²) < 4.78 is 25.9. The minimum absolute atomic E-state index is 0.0246. The highest BCUT2D eigenvalue weighted by atomic mass is 32.2. The molecule has 1 aliphatic rings. The molecule has 78 valence electrons. The largest absolute Gasteiger partial charge is 0.383 e. The molecule has 0 amide bonds. The van der Waals surface area contributed by atoms with Gasteiger partial charge in [0.2, 0.25) is 10.0 Å². The van der Waals surface area contributed by atoms with Crippen LogP contribution in [0.3, 0.4) is 0 Å². The smallest absolute Gasteiger partial charge is 0.246 e. The molecule has 4 N–H and O–H groups in total. The quantitative estimate of drug-likeness (QED) is 0.644. The van der Waals surface area contributed by atoms with E-state index in [1.807, 2.05) is 6.92 Å². The lowest BCUT2D eigenvalue weighted by molar-refractivity contribution is 0.579. The summed E-state index contributed by atoms with van der Waals surface area (Å²) in [4.78, 5) is 0.0246. The van der Waals surface area contributed by atoms with Crippen LogP contribution in [0.5, 0.6) is 0 Å². The van der Waals surface area contributed by atoms with Crippen molar-refractivity contribution in [2.75, 3.05) is 5.73 Å². The van der Waals surface area contributed by atoms with Crippen molar-refractivity contribution in [2.24, 2.45) is 5.92 Å². The first-order valence-corrected chi connectivity index (χ1v) is 5.80. The van der Waals surface area contributed by atoms with Crippen LogP contribution in [0.4, 0.5) is 5.82 Å². The Morgan fingerprint density at radius 1 is 1.71 bits per heavy atom. The number of nitrogen functional groups attached to an aromatic ring is 1. The van der Waals surface area contributed by atoms with Gasteiger partial charge in [0.1, 0.15) is 10.7 Å². The third-order valence-electron chi connectivity index (χ3n) is 2.34. The Kier molecular flexibility index (Phi) is 2.00. The van der Waals surface area contributed by atoms with Crippen LogP contribution in [0.1, 0.15) is 13.3 Å². The number of aromatic nitrogens is 2. The van der Waals surface area contributed by atoms with E-state index in [2.05, 4.69) is 14.9 Å². The Bertz CT molecular complexity index is 438. The van der Waals surface area contributed by atoms with Gasteiger partial charge in [-0.05, 0) is 12.3 Å². The highest BCUT2D eigenvalue weighted by molar-refractivity contribution is 7.89. The van der Waals surface area contributed by atoms with Crippen LogP contribution >= 0.6 is 0 Å². The van der Waals surface area contributed by atoms with Crippen molar-refractivity contribution < 1.29 is 8.42 Å². The zero-order valence-electron chi connectivity index (χ0n) is 7.69. The molecular formula is C7H12N4O2S. The van der Waals surface area contributed by atoms with Gasteiger partial charge in [-0.15, -0.1) is 0 Å². The van der Waals surface area contributed by atoms with Crippen molar-refractivity contribution >= 4 is 15.8 Å². The highest BCUT2D eigenvalue weighted by Gasteiger charge is 2.37. The molecule has 7 heteroatoms. The van der Waals surface area contributed by atoms with Crippen molar-refractivity contribution in [3.63, 3.8) is 0 Å². The van der Waals surface area contributed by atoms with Gasteiger partial charge in [0.25, 0.3) is 0 Å². The molecule has 1 aromatic rings. The molecule has 0 aliphatic heterocycles. The molecule has 1 fully saturated rings. The van der Waals surface area contributed by atoms with E-state index in [0.29, 0.717) is 5.92 Å². The fraction of sp³-hybridized carbons (Fsp3) is 0.571. The van der Waals surface area contributed by atoms with Crippen LogP contribution in [0.2, 0.25) is 0 Å². The second kappa shape index (κ2) is 2.96. The summed E-state index contributed by atoms with van der Waals surface area (Å²) >= 11 is 0. The molecule has 2 atom stereocenters. The van der Waals surface area contributed by atoms with Crippen molar-refractivity contribution in [1.82, 2.24) is 14.9 Å². The molecule has 14 heavy (non-hydrogen) atoms. The summed E-state index contributed by atoms with van der Waals surface area (Å²) in [7, 11) is -3.49. The molecule has 0 spiro atoms. The maximum atomic E-state index is 11.7. The number of H-pyrrole nitrogens is 1. The lowest BCUT2D eigenvalue weighted by Crippen LogP contribution is -2.27. The molecule has 0 bridgehead atoms. The fourth-order valence-electron chi connectivity index (χ4n) is 1.25. The van der Waals surface area contributed by atoms with Gasteiger partial charge in [-0.25, -0.2) is 13.1 Å². The third-order valence-corrected chi connectivity index (χ3v) is 3.86. The first-order valence-electron chi connectivity index (χ1n) is 4.32. The standard InChI is InChI=1S/C7H12N4O2S/c1-4-2-5(4)11-14(12,13)6-3-9-10-7(6)8/h3-5,11H,2H2,1H3,(H3,8,9,10). The predicted molar refractivity (Wildman–Crippen MR) is 50.9 cm³/mol. The first-order chi connectivity index (χ1) is 6.50. The Labute approximate surface area is 81.9 Å². The summed E-state index contributed by atoms with van der Waals surface area (Å²) in [5, 5.41) is 5.95. The van der Waals surface area contributed by atoms with Gasteiger partial charge in [0.15, 0.2) is 0 Å². The van der Waals surface area contributed by atoms with Gasteiger partial charge < -0.3 is 5.73 Å². The summed E-state index contributed by atoms with van der Waals surface area (Å²) in [5.74, 6) is 0.490. The molecular weight excluding hydrogens is 204 g/mol. The number of anilines is 1. The molecule has 2 rings (SSSR count). The third kappa shape index (κ3) is 1.60. The summed E-state index contributed by atoms with van der Waals surface area (Å²) in [5.41, 5.74) is 5.42. The second-order valence-electron chi connectivity index (χ2n) is 3.59. The van der Waals surface area contributed by atoms with E-state index in [1.54, 1.807) is 0 Å².